The highest BCUT2D eigenvalue weighted by atomic mass is 16.3. The SMILES string of the molecule is CC(=O)N1CCC(NC(C)c2cc(O)cc(O)c2)CC1. The van der Waals surface area contributed by atoms with Crippen LogP contribution >= 0.6 is 0 Å². The first kappa shape index (κ1) is 14.7. The fourth-order valence-electron chi connectivity index (χ4n) is 2.68. The molecule has 1 aliphatic heterocycles. The third-order valence-corrected chi connectivity index (χ3v) is 3.85. The molecule has 1 unspecified atom stereocenters. The Bertz CT molecular complexity index is 462. The van der Waals surface area contributed by atoms with Gasteiger partial charge in [0.05, 0.1) is 0 Å². The van der Waals surface area contributed by atoms with Gasteiger partial charge in [-0.05, 0) is 37.5 Å². The van der Waals surface area contributed by atoms with Crippen LogP contribution in [0.3, 0.4) is 0 Å². The van der Waals surface area contributed by atoms with Crippen LogP contribution in [0.5, 0.6) is 11.5 Å². The molecule has 1 fully saturated rings. The van der Waals surface area contributed by atoms with Gasteiger partial charge in [-0.1, -0.05) is 0 Å². The molecule has 3 N–H and O–H groups in total. The van der Waals surface area contributed by atoms with Crippen molar-refractivity contribution in [3.05, 3.63) is 23.8 Å². The summed E-state index contributed by atoms with van der Waals surface area (Å²) in [6.45, 7) is 5.17. The lowest BCUT2D eigenvalue weighted by Crippen LogP contribution is -2.44. The molecule has 0 radical (unpaired) electrons. The van der Waals surface area contributed by atoms with E-state index in [2.05, 4.69) is 5.32 Å². The van der Waals surface area contributed by atoms with Gasteiger partial charge in [-0.3, -0.25) is 4.79 Å². The van der Waals surface area contributed by atoms with Crippen LogP contribution in [0.2, 0.25) is 0 Å². The largest absolute Gasteiger partial charge is 0.508 e. The Kier molecular flexibility index (Phi) is 4.49. The minimum Gasteiger partial charge on any atom is -0.508 e. The Balaban J connectivity index is 1.92. The summed E-state index contributed by atoms with van der Waals surface area (Å²) in [6.07, 6.45) is 1.85. The van der Waals surface area contributed by atoms with E-state index in [0.717, 1.165) is 31.5 Å². The Labute approximate surface area is 119 Å². The van der Waals surface area contributed by atoms with Gasteiger partial charge in [-0.25, -0.2) is 0 Å². The number of hydrogen-bond acceptors (Lipinski definition) is 4. The molecule has 0 aliphatic carbocycles. The second-order valence-electron chi connectivity index (χ2n) is 5.45. The third-order valence-electron chi connectivity index (χ3n) is 3.85. The molecule has 20 heavy (non-hydrogen) atoms. The maximum absolute atomic E-state index is 11.3. The fraction of sp³-hybridized carbons (Fsp3) is 0.533. The Morgan fingerprint density at radius 3 is 2.30 bits per heavy atom. The van der Waals surface area contributed by atoms with E-state index in [1.54, 1.807) is 19.1 Å². The summed E-state index contributed by atoms with van der Waals surface area (Å²) in [5, 5.41) is 22.5. The molecular formula is C15H22N2O3. The number of likely N-dealkylation sites (tertiary alicyclic amines) is 1. The zero-order valence-electron chi connectivity index (χ0n) is 12.0. The second-order valence-corrected chi connectivity index (χ2v) is 5.45. The van der Waals surface area contributed by atoms with Crippen molar-refractivity contribution in [3.8, 4) is 11.5 Å². The van der Waals surface area contributed by atoms with Crippen molar-refractivity contribution in [3.63, 3.8) is 0 Å². The molecule has 1 heterocycles. The average Bonchev–Trinajstić information content (AvgIpc) is 2.38. The number of nitrogens with zero attached hydrogens (tertiary/aromatic N) is 1. The highest BCUT2D eigenvalue weighted by Crippen LogP contribution is 2.25. The monoisotopic (exact) mass is 278 g/mol. The van der Waals surface area contributed by atoms with Crippen LogP contribution in [0, 0.1) is 0 Å². The first-order valence-corrected chi connectivity index (χ1v) is 7.00. The Morgan fingerprint density at radius 2 is 1.80 bits per heavy atom. The van der Waals surface area contributed by atoms with Crippen LogP contribution in [-0.4, -0.2) is 40.2 Å². The van der Waals surface area contributed by atoms with Crippen LogP contribution in [-0.2, 0) is 4.79 Å². The topological polar surface area (TPSA) is 72.8 Å². The number of amides is 1. The Morgan fingerprint density at radius 1 is 1.25 bits per heavy atom. The van der Waals surface area contributed by atoms with Crippen molar-refractivity contribution in [1.82, 2.24) is 10.2 Å². The van der Waals surface area contributed by atoms with Gasteiger partial charge in [0, 0.05) is 38.2 Å². The number of hydrogen-bond donors (Lipinski definition) is 3. The summed E-state index contributed by atoms with van der Waals surface area (Å²) in [5.74, 6) is 0.273. The summed E-state index contributed by atoms with van der Waals surface area (Å²) in [7, 11) is 0. The van der Waals surface area contributed by atoms with Crippen molar-refractivity contribution < 1.29 is 15.0 Å². The Hall–Kier alpha value is -1.75. The summed E-state index contributed by atoms with van der Waals surface area (Å²) in [6, 6.07) is 5.03. The number of phenolic OH excluding ortho intramolecular Hbond substituents is 2. The van der Waals surface area contributed by atoms with Gasteiger partial charge in [-0.2, -0.15) is 0 Å². The molecular weight excluding hydrogens is 256 g/mol. The molecule has 1 saturated heterocycles. The number of piperidine rings is 1. The smallest absolute Gasteiger partial charge is 0.219 e. The highest BCUT2D eigenvalue weighted by molar-refractivity contribution is 5.73. The summed E-state index contributed by atoms with van der Waals surface area (Å²) < 4.78 is 0. The fourth-order valence-corrected chi connectivity index (χ4v) is 2.68. The quantitative estimate of drug-likeness (QED) is 0.787. The van der Waals surface area contributed by atoms with E-state index in [9.17, 15) is 15.0 Å². The van der Waals surface area contributed by atoms with Gasteiger partial charge >= 0.3 is 0 Å². The van der Waals surface area contributed by atoms with Crippen LogP contribution < -0.4 is 5.32 Å². The molecule has 0 bridgehead atoms. The molecule has 1 aromatic rings. The molecule has 5 nitrogen and oxygen atoms in total. The van der Waals surface area contributed by atoms with E-state index in [0.29, 0.717) is 6.04 Å². The van der Waals surface area contributed by atoms with E-state index in [4.69, 9.17) is 0 Å². The number of phenols is 2. The average molecular weight is 278 g/mol. The van der Waals surface area contributed by atoms with E-state index in [1.165, 1.54) is 6.07 Å². The van der Waals surface area contributed by atoms with Crippen LogP contribution in [0.1, 0.15) is 38.3 Å². The lowest BCUT2D eigenvalue weighted by atomic mass is 10.0. The molecule has 1 aromatic carbocycles. The zero-order chi connectivity index (χ0) is 14.7. The molecule has 1 aliphatic rings. The van der Waals surface area contributed by atoms with Crippen LogP contribution in [0.25, 0.3) is 0 Å². The third kappa shape index (κ3) is 3.63. The number of benzene rings is 1. The molecule has 0 saturated carbocycles. The molecule has 1 amide bonds. The predicted molar refractivity (Wildman–Crippen MR) is 76.6 cm³/mol. The van der Waals surface area contributed by atoms with Crippen LogP contribution in [0.4, 0.5) is 0 Å². The number of rotatable bonds is 3. The number of aromatic hydroxyl groups is 2. The van der Waals surface area contributed by atoms with Gasteiger partial charge in [0.1, 0.15) is 11.5 Å². The van der Waals surface area contributed by atoms with Gasteiger partial charge < -0.3 is 20.4 Å². The summed E-state index contributed by atoms with van der Waals surface area (Å²) in [5.41, 5.74) is 0.858. The minimum atomic E-state index is 0.0434. The number of carbonyl (C=O) groups is 1. The first-order valence-electron chi connectivity index (χ1n) is 7.00. The standard InChI is InChI=1S/C15H22N2O3/c1-10(12-7-14(19)9-15(20)8-12)16-13-3-5-17(6-4-13)11(2)18/h7-10,13,16,19-20H,3-6H2,1-2H3. The van der Waals surface area contributed by atoms with Crippen molar-refractivity contribution >= 4 is 5.91 Å². The van der Waals surface area contributed by atoms with Crippen molar-refractivity contribution in [2.45, 2.75) is 38.8 Å². The maximum Gasteiger partial charge on any atom is 0.219 e. The molecule has 0 aromatic heterocycles. The van der Waals surface area contributed by atoms with Gasteiger partial charge in [0.25, 0.3) is 0 Å². The normalized spacial score (nSPS) is 18.0. The lowest BCUT2D eigenvalue weighted by molar-refractivity contribution is -0.129. The highest BCUT2D eigenvalue weighted by Gasteiger charge is 2.22. The van der Waals surface area contributed by atoms with E-state index < -0.39 is 0 Å². The van der Waals surface area contributed by atoms with E-state index >= 15 is 0 Å². The molecule has 5 heteroatoms. The van der Waals surface area contributed by atoms with Crippen molar-refractivity contribution in [2.75, 3.05) is 13.1 Å². The zero-order valence-corrected chi connectivity index (χ0v) is 12.0. The number of nitrogens with one attached hydrogen (secondary N) is 1. The van der Waals surface area contributed by atoms with Gasteiger partial charge in [0.2, 0.25) is 5.91 Å². The molecule has 110 valence electrons. The van der Waals surface area contributed by atoms with Gasteiger partial charge in [-0.15, -0.1) is 0 Å². The summed E-state index contributed by atoms with van der Waals surface area (Å²) >= 11 is 0. The number of carbonyl (C=O) groups excluding carboxylic acids is 1. The molecule has 0 spiro atoms. The van der Waals surface area contributed by atoms with Gasteiger partial charge in [0.15, 0.2) is 0 Å². The first-order chi connectivity index (χ1) is 9.45. The lowest BCUT2D eigenvalue weighted by Gasteiger charge is -2.33. The van der Waals surface area contributed by atoms with E-state index in [1.807, 2.05) is 11.8 Å². The van der Waals surface area contributed by atoms with Crippen molar-refractivity contribution in [2.24, 2.45) is 0 Å². The maximum atomic E-state index is 11.3. The second kappa shape index (κ2) is 6.13. The van der Waals surface area contributed by atoms with Crippen LogP contribution in [0.15, 0.2) is 18.2 Å². The predicted octanol–water partition coefficient (Wildman–Crippen LogP) is 1.76. The molecule has 2 rings (SSSR count). The minimum absolute atomic E-state index is 0.0434. The van der Waals surface area contributed by atoms with Crippen molar-refractivity contribution in [1.29, 1.82) is 0 Å². The van der Waals surface area contributed by atoms with E-state index in [-0.39, 0.29) is 23.4 Å². The molecule has 1 atom stereocenters. The summed E-state index contributed by atoms with van der Waals surface area (Å²) in [4.78, 5) is 13.1.